The van der Waals surface area contributed by atoms with Crippen LogP contribution < -0.4 is 0 Å². The molecule has 0 aromatic carbocycles. The molecule has 0 aromatic heterocycles. The number of ketones is 1. The van der Waals surface area contributed by atoms with Gasteiger partial charge in [0, 0.05) is 19.6 Å². The van der Waals surface area contributed by atoms with Crippen LogP contribution >= 0.6 is 0 Å². The molecule has 0 fully saturated rings. The topological polar surface area (TPSA) is 35.5 Å². The minimum Gasteiger partial charge on any atom is -0.346 e. The van der Waals surface area contributed by atoms with Gasteiger partial charge in [0.05, 0.1) is 0 Å². The van der Waals surface area contributed by atoms with Crippen LogP contribution in [0.25, 0.3) is 0 Å². The van der Waals surface area contributed by atoms with E-state index in [0.717, 1.165) is 12.8 Å². The van der Waals surface area contributed by atoms with Crippen molar-refractivity contribution in [1.82, 2.24) is 0 Å². The summed E-state index contributed by atoms with van der Waals surface area (Å²) in [5, 5.41) is 0. The van der Waals surface area contributed by atoms with E-state index in [4.69, 9.17) is 9.47 Å². The molecule has 3 nitrogen and oxygen atoms in total. The van der Waals surface area contributed by atoms with Gasteiger partial charge in [-0.3, -0.25) is 4.79 Å². The molecule has 0 aliphatic heterocycles. The highest BCUT2D eigenvalue weighted by Gasteiger charge is 2.17. The maximum atomic E-state index is 11.9. The van der Waals surface area contributed by atoms with Crippen molar-refractivity contribution in [3.8, 4) is 0 Å². The third-order valence-electron chi connectivity index (χ3n) is 3.68. The Morgan fingerprint density at radius 1 is 0.714 bits per heavy atom. The minimum atomic E-state index is -0.640. The van der Waals surface area contributed by atoms with E-state index in [1.54, 1.807) is 0 Å². The van der Waals surface area contributed by atoms with Gasteiger partial charge in [0.2, 0.25) is 6.29 Å². The monoisotopic (exact) mass is 300 g/mol. The number of hydrogen-bond acceptors (Lipinski definition) is 3. The van der Waals surface area contributed by atoms with Crippen LogP contribution in [-0.2, 0) is 14.3 Å². The average molecular weight is 300 g/mol. The molecule has 0 aliphatic carbocycles. The van der Waals surface area contributed by atoms with Crippen molar-refractivity contribution in [2.75, 3.05) is 13.2 Å². The second-order valence-electron chi connectivity index (χ2n) is 5.64. The van der Waals surface area contributed by atoms with Crippen molar-refractivity contribution in [3.63, 3.8) is 0 Å². The van der Waals surface area contributed by atoms with Gasteiger partial charge in [-0.15, -0.1) is 0 Å². The van der Waals surface area contributed by atoms with E-state index in [1.165, 1.54) is 51.4 Å². The van der Waals surface area contributed by atoms with Crippen molar-refractivity contribution in [3.05, 3.63) is 0 Å². The quantitative estimate of drug-likeness (QED) is 0.288. The van der Waals surface area contributed by atoms with Gasteiger partial charge < -0.3 is 9.47 Å². The van der Waals surface area contributed by atoms with Crippen molar-refractivity contribution in [2.24, 2.45) is 0 Å². The van der Waals surface area contributed by atoms with E-state index in [-0.39, 0.29) is 5.78 Å². The lowest BCUT2D eigenvalue weighted by Gasteiger charge is -2.15. The number of carbonyl (C=O) groups excluding carboxylic acids is 1. The van der Waals surface area contributed by atoms with Crippen LogP contribution in [0.15, 0.2) is 0 Å². The highest BCUT2D eigenvalue weighted by atomic mass is 16.7. The normalized spacial score (nSPS) is 11.2. The second-order valence-corrected chi connectivity index (χ2v) is 5.64. The van der Waals surface area contributed by atoms with E-state index < -0.39 is 6.29 Å². The summed E-state index contributed by atoms with van der Waals surface area (Å²) >= 11 is 0. The van der Waals surface area contributed by atoms with Crippen molar-refractivity contribution < 1.29 is 14.3 Å². The van der Waals surface area contributed by atoms with Gasteiger partial charge in [-0.05, 0) is 20.3 Å². The summed E-state index contributed by atoms with van der Waals surface area (Å²) in [4.78, 5) is 11.9. The fraction of sp³-hybridized carbons (Fsp3) is 0.944. The number of unbranched alkanes of at least 4 members (excludes halogenated alkanes) is 9. The lowest BCUT2D eigenvalue weighted by Crippen LogP contribution is -2.27. The first kappa shape index (κ1) is 20.6. The number of Topliss-reactive ketones (excluding diaryl/α,β-unsaturated/α-hetero) is 1. The van der Waals surface area contributed by atoms with E-state index in [1.807, 2.05) is 13.8 Å². The number of carbonyl (C=O) groups is 1. The maximum Gasteiger partial charge on any atom is 0.217 e. The number of ether oxygens (including phenoxy) is 2. The SMILES string of the molecule is CCCCCCCCCCCCC(=O)C(OCC)OCC. The highest BCUT2D eigenvalue weighted by molar-refractivity contribution is 5.81. The summed E-state index contributed by atoms with van der Waals surface area (Å²) in [5.41, 5.74) is 0. The summed E-state index contributed by atoms with van der Waals surface area (Å²) in [6.07, 6.45) is 12.8. The van der Waals surface area contributed by atoms with E-state index >= 15 is 0 Å². The Morgan fingerprint density at radius 3 is 1.57 bits per heavy atom. The number of rotatable bonds is 16. The zero-order chi connectivity index (χ0) is 15.8. The Labute approximate surface area is 131 Å². The third-order valence-corrected chi connectivity index (χ3v) is 3.68. The number of hydrogen-bond donors (Lipinski definition) is 0. The van der Waals surface area contributed by atoms with Crippen LogP contribution in [0.1, 0.15) is 91.4 Å². The lowest BCUT2D eigenvalue weighted by molar-refractivity contribution is -0.168. The van der Waals surface area contributed by atoms with Gasteiger partial charge in [-0.25, -0.2) is 0 Å². The standard InChI is InChI=1S/C18H36O3/c1-4-7-8-9-10-11-12-13-14-15-16-17(19)18(20-5-2)21-6-3/h18H,4-16H2,1-3H3. The van der Waals surface area contributed by atoms with Gasteiger partial charge in [-0.2, -0.15) is 0 Å². The molecule has 0 amide bonds. The smallest absolute Gasteiger partial charge is 0.217 e. The van der Waals surface area contributed by atoms with Crippen LogP contribution in [0.4, 0.5) is 0 Å². The molecule has 0 radical (unpaired) electrons. The molecule has 0 aliphatic rings. The van der Waals surface area contributed by atoms with Crippen molar-refractivity contribution >= 4 is 5.78 Å². The molecule has 0 aromatic rings. The fourth-order valence-corrected chi connectivity index (χ4v) is 2.44. The molecule has 0 spiro atoms. The zero-order valence-corrected chi connectivity index (χ0v) is 14.5. The summed E-state index contributed by atoms with van der Waals surface area (Å²) in [6, 6.07) is 0. The summed E-state index contributed by atoms with van der Waals surface area (Å²) in [7, 11) is 0. The molecule has 0 heterocycles. The van der Waals surface area contributed by atoms with Crippen LogP contribution in [0.5, 0.6) is 0 Å². The summed E-state index contributed by atoms with van der Waals surface area (Å²) in [6.45, 7) is 7.07. The van der Waals surface area contributed by atoms with Crippen LogP contribution in [0, 0.1) is 0 Å². The highest BCUT2D eigenvalue weighted by Crippen LogP contribution is 2.12. The largest absolute Gasteiger partial charge is 0.346 e. The summed E-state index contributed by atoms with van der Waals surface area (Å²) < 4.78 is 10.6. The van der Waals surface area contributed by atoms with Gasteiger partial charge in [0.25, 0.3) is 0 Å². The molecule has 0 rings (SSSR count). The van der Waals surface area contributed by atoms with Gasteiger partial charge >= 0.3 is 0 Å². The maximum absolute atomic E-state index is 11.9. The van der Waals surface area contributed by atoms with E-state index in [2.05, 4.69) is 6.92 Å². The second kappa shape index (κ2) is 16.0. The fourth-order valence-electron chi connectivity index (χ4n) is 2.44. The molecule has 126 valence electrons. The first-order valence-corrected chi connectivity index (χ1v) is 9.02. The summed E-state index contributed by atoms with van der Waals surface area (Å²) in [5.74, 6) is 0.0956. The van der Waals surface area contributed by atoms with Gasteiger partial charge in [-0.1, -0.05) is 64.7 Å². The van der Waals surface area contributed by atoms with E-state index in [0.29, 0.717) is 19.6 Å². The van der Waals surface area contributed by atoms with E-state index in [9.17, 15) is 4.79 Å². The molecule has 0 saturated heterocycles. The molecule has 0 bridgehead atoms. The Bertz CT molecular complexity index is 223. The predicted octanol–water partition coefficient (Wildman–Crippen LogP) is 5.27. The average Bonchev–Trinajstić information content (AvgIpc) is 2.48. The molecular formula is C18H36O3. The lowest BCUT2D eigenvalue weighted by atomic mass is 10.0. The third kappa shape index (κ3) is 13.0. The van der Waals surface area contributed by atoms with Crippen LogP contribution in [-0.4, -0.2) is 25.3 Å². The molecular weight excluding hydrogens is 264 g/mol. The minimum absolute atomic E-state index is 0.0956. The molecule has 0 N–H and O–H groups in total. The van der Waals surface area contributed by atoms with Gasteiger partial charge in [0.15, 0.2) is 5.78 Å². The molecule has 0 unspecified atom stereocenters. The first-order chi connectivity index (χ1) is 10.3. The molecule has 0 atom stereocenters. The first-order valence-electron chi connectivity index (χ1n) is 9.02. The molecule has 0 saturated carbocycles. The Kier molecular flexibility index (Phi) is 15.7. The van der Waals surface area contributed by atoms with Crippen molar-refractivity contribution in [1.29, 1.82) is 0 Å². The molecule has 3 heteroatoms. The van der Waals surface area contributed by atoms with Crippen LogP contribution in [0.3, 0.4) is 0 Å². The zero-order valence-electron chi connectivity index (χ0n) is 14.5. The predicted molar refractivity (Wildman–Crippen MR) is 88.5 cm³/mol. The van der Waals surface area contributed by atoms with Crippen molar-refractivity contribution in [2.45, 2.75) is 97.7 Å². The Hall–Kier alpha value is -0.410. The molecule has 21 heavy (non-hydrogen) atoms. The van der Waals surface area contributed by atoms with Gasteiger partial charge in [0.1, 0.15) is 0 Å². The van der Waals surface area contributed by atoms with Crippen LogP contribution in [0.2, 0.25) is 0 Å². The Morgan fingerprint density at radius 2 is 1.14 bits per heavy atom. The Balaban J connectivity index is 3.42.